The van der Waals surface area contributed by atoms with Crippen LogP contribution in [0.1, 0.15) is 13.8 Å². The minimum absolute atomic E-state index is 0.140. The van der Waals surface area contributed by atoms with Crippen molar-refractivity contribution >= 4 is 17.0 Å². The Bertz CT molecular complexity index is 654. The van der Waals surface area contributed by atoms with Gasteiger partial charge in [-0.2, -0.15) is 0 Å². The maximum Gasteiger partial charge on any atom is 0.420 e. The van der Waals surface area contributed by atoms with Crippen LogP contribution in [0.3, 0.4) is 0 Å². The summed E-state index contributed by atoms with van der Waals surface area (Å²) in [7, 11) is 0. The van der Waals surface area contributed by atoms with Gasteiger partial charge in [0, 0.05) is 0 Å². The molecule has 1 heterocycles. The number of hydrogen-bond donors (Lipinski definition) is 2. The van der Waals surface area contributed by atoms with Gasteiger partial charge in [-0.15, -0.1) is 0 Å². The van der Waals surface area contributed by atoms with Crippen molar-refractivity contribution in [3.8, 4) is 0 Å². The molecule has 0 spiro atoms. The first-order valence-corrected chi connectivity index (χ1v) is 5.93. The lowest BCUT2D eigenvalue weighted by Gasteiger charge is -2.23. The number of oxazole rings is 1. The fourth-order valence-corrected chi connectivity index (χ4v) is 1.76. The molecule has 0 unspecified atom stereocenters. The van der Waals surface area contributed by atoms with Gasteiger partial charge < -0.3 is 14.8 Å². The summed E-state index contributed by atoms with van der Waals surface area (Å²) in [5.41, 5.74) is 0.298. The molecule has 1 aromatic heterocycles. The normalized spacial score (nSPS) is 11.7. The highest BCUT2D eigenvalue weighted by Gasteiger charge is 2.20. The van der Waals surface area contributed by atoms with Crippen LogP contribution in [0.25, 0.3) is 11.1 Å². The molecular weight excluding hydrogens is 248 g/mol. The molecule has 6 heteroatoms. The second-order valence-corrected chi connectivity index (χ2v) is 5.01. The van der Waals surface area contributed by atoms with Crippen LogP contribution in [-0.4, -0.2) is 27.7 Å². The van der Waals surface area contributed by atoms with Crippen molar-refractivity contribution in [3.05, 3.63) is 34.8 Å². The third-order valence-electron chi connectivity index (χ3n) is 2.75. The molecule has 0 radical (unpaired) electrons. The third-order valence-corrected chi connectivity index (χ3v) is 2.75. The van der Waals surface area contributed by atoms with E-state index < -0.39 is 11.3 Å². The van der Waals surface area contributed by atoms with Gasteiger partial charge in [-0.25, -0.2) is 4.79 Å². The van der Waals surface area contributed by atoms with Crippen LogP contribution in [0, 0.1) is 0 Å². The zero-order valence-electron chi connectivity index (χ0n) is 10.8. The Labute approximate surface area is 109 Å². The lowest BCUT2D eigenvalue weighted by atomic mass is 10.1. The van der Waals surface area contributed by atoms with Crippen LogP contribution in [0.15, 0.2) is 33.5 Å². The Balaban J connectivity index is 2.24. The predicted octanol–water partition coefficient (Wildman–Crippen LogP) is 0.482. The predicted molar refractivity (Wildman–Crippen MR) is 69.8 cm³/mol. The molecule has 6 nitrogen and oxygen atoms in total. The molecule has 2 rings (SSSR count). The Morgan fingerprint density at radius 2 is 2.11 bits per heavy atom. The van der Waals surface area contributed by atoms with Gasteiger partial charge in [-0.1, -0.05) is 12.1 Å². The van der Waals surface area contributed by atoms with E-state index in [0.717, 1.165) is 0 Å². The highest BCUT2D eigenvalue weighted by Crippen LogP contribution is 2.11. The molecule has 1 aromatic carbocycles. The molecule has 19 heavy (non-hydrogen) atoms. The van der Waals surface area contributed by atoms with E-state index in [9.17, 15) is 9.59 Å². The minimum Gasteiger partial charge on any atom is -0.408 e. The molecule has 1 amide bonds. The molecule has 0 aliphatic rings. The van der Waals surface area contributed by atoms with Crippen molar-refractivity contribution in [2.24, 2.45) is 0 Å². The van der Waals surface area contributed by atoms with Gasteiger partial charge in [0.1, 0.15) is 6.54 Å². The Kier molecular flexibility index (Phi) is 3.44. The molecule has 0 saturated heterocycles. The first-order valence-electron chi connectivity index (χ1n) is 5.93. The maximum absolute atomic E-state index is 11.9. The van der Waals surface area contributed by atoms with E-state index in [4.69, 9.17) is 9.52 Å². The van der Waals surface area contributed by atoms with Crippen LogP contribution < -0.4 is 11.1 Å². The first-order chi connectivity index (χ1) is 8.93. The van der Waals surface area contributed by atoms with Gasteiger partial charge in [0.15, 0.2) is 5.58 Å². The monoisotopic (exact) mass is 264 g/mol. The van der Waals surface area contributed by atoms with Crippen LogP contribution >= 0.6 is 0 Å². The lowest BCUT2D eigenvalue weighted by molar-refractivity contribution is -0.123. The highest BCUT2D eigenvalue weighted by atomic mass is 16.4. The molecule has 0 saturated carbocycles. The Hall–Kier alpha value is -2.08. The number of para-hydroxylation sites is 2. The second kappa shape index (κ2) is 4.89. The lowest BCUT2D eigenvalue weighted by Crippen LogP contribution is -2.47. The number of amides is 1. The van der Waals surface area contributed by atoms with Gasteiger partial charge in [-0.3, -0.25) is 9.36 Å². The third kappa shape index (κ3) is 2.85. The number of nitrogens with one attached hydrogen (secondary N) is 1. The number of aliphatic hydroxyl groups excluding tert-OH is 1. The summed E-state index contributed by atoms with van der Waals surface area (Å²) in [4.78, 5) is 23.5. The van der Waals surface area contributed by atoms with E-state index in [1.807, 2.05) is 0 Å². The summed E-state index contributed by atoms with van der Waals surface area (Å²) >= 11 is 0. The molecular formula is C13H16N2O4. The van der Waals surface area contributed by atoms with E-state index >= 15 is 0 Å². The van der Waals surface area contributed by atoms with Crippen molar-refractivity contribution in [1.29, 1.82) is 0 Å². The minimum atomic E-state index is -0.722. The zero-order chi connectivity index (χ0) is 14.0. The number of carbonyl (C=O) groups is 1. The summed E-state index contributed by atoms with van der Waals surface area (Å²) < 4.78 is 6.30. The van der Waals surface area contributed by atoms with Crippen LogP contribution in [-0.2, 0) is 11.3 Å². The van der Waals surface area contributed by atoms with Gasteiger partial charge in [0.05, 0.1) is 17.7 Å². The first kappa shape index (κ1) is 13.4. The number of rotatable bonds is 4. The Morgan fingerprint density at radius 1 is 1.42 bits per heavy atom. The van der Waals surface area contributed by atoms with Gasteiger partial charge >= 0.3 is 5.76 Å². The van der Waals surface area contributed by atoms with Crippen molar-refractivity contribution in [1.82, 2.24) is 9.88 Å². The fraction of sp³-hybridized carbons (Fsp3) is 0.385. The summed E-state index contributed by atoms with van der Waals surface area (Å²) in [6.45, 7) is 3.07. The molecule has 0 bridgehead atoms. The average molecular weight is 264 g/mol. The molecule has 2 N–H and O–H groups in total. The maximum atomic E-state index is 11.9. The van der Waals surface area contributed by atoms with E-state index in [2.05, 4.69) is 5.32 Å². The van der Waals surface area contributed by atoms with Crippen molar-refractivity contribution in [2.45, 2.75) is 25.9 Å². The van der Waals surface area contributed by atoms with E-state index in [1.54, 1.807) is 38.1 Å². The van der Waals surface area contributed by atoms with Gasteiger partial charge in [-0.05, 0) is 26.0 Å². The van der Waals surface area contributed by atoms with Crippen LogP contribution in [0.2, 0.25) is 0 Å². The number of benzene rings is 1. The summed E-state index contributed by atoms with van der Waals surface area (Å²) in [6, 6.07) is 6.90. The molecule has 102 valence electrons. The molecule has 0 atom stereocenters. The number of aliphatic hydroxyl groups is 1. The van der Waals surface area contributed by atoms with Crippen LogP contribution in [0.5, 0.6) is 0 Å². The summed E-state index contributed by atoms with van der Waals surface area (Å²) in [6.07, 6.45) is 0. The smallest absolute Gasteiger partial charge is 0.408 e. The van der Waals surface area contributed by atoms with E-state index in [1.165, 1.54) is 4.57 Å². The van der Waals surface area contributed by atoms with E-state index in [-0.39, 0.29) is 19.1 Å². The summed E-state index contributed by atoms with van der Waals surface area (Å²) in [5, 5.41) is 11.7. The molecule has 2 aromatic rings. The van der Waals surface area contributed by atoms with Gasteiger partial charge in [0.25, 0.3) is 0 Å². The highest BCUT2D eigenvalue weighted by molar-refractivity contribution is 5.79. The van der Waals surface area contributed by atoms with Crippen molar-refractivity contribution < 1.29 is 14.3 Å². The van der Waals surface area contributed by atoms with Crippen molar-refractivity contribution in [3.63, 3.8) is 0 Å². The number of aromatic nitrogens is 1. The number of nitrogens with zero attached hydrogens (tertiary/aromatic N) is 1. The average Bonchev–Trinajstić information content (AvgIpc) is 2.66. The number of carbonyl (C=O) groups excluding carboxylic acids is 1. The molecule has 0 fully saturated rings. The van der Waals surface area contributed by atoms with E-state index in [0.29, 0.717) is 11.1 Å². The second-order valence-electron chi connectivity index (χ2n) is 5.01. The standard InChI is InChI=1S/C13H16N2O4/c1-13(2,8-16)14-11(17)7-15-9-5-3-4-6-10(9)19-12(15)18/h3-6,16H,7-8H2,1-2H3,(H,14,17). The number of fused-ring (bicyclic) bond motifs is 1. The SMILES string of the molecule is CC(C)(CO)NC(=O)Cn1c(=O)oc2ccccc21. The fourth-order valence-electron chi connectivity index (χ4n) is 1.76. The zero-order valence-corrected chi connectivity index (χ0v) is 10.8. The van der Waals surface area contributed by atoms with Gasteiger partial charge in [0.2, 0.25) is 5.91 Å². The number of hydrogen-bond acceptors (Lipinski definition) is 4. The Morgan fingerprint density at radius 3 is 2.79 bits per heavy atom. The topological polar surface area (TPSA) is 84.5 Å². The largest absolute Gasteiger partial charge is 0.420 e. The molecule has 0 aliphatic heterocycles. The quantitative estimate of drug-likeness (QED) is 0.841. The molecule has 0 aliphatic carbocycles. The van der Waals surface area contributed by atoms with Crippen molar-refractivity contribution in [2.75, 3.05) is 6.61 Å². The van der Waals surface area contributed by atoms with Crippen LogP contribution in [0.4, 0.5) is 0 Å². The summed E-state index contributed by atoms with van der Waals surface area (Å²) in [5.74, 6) is -0.925.